The number of hydrogen-bond donors (Lipinski definition) is 0. The summed E-state index contributed by atoms with van der Waals surface area (Å²) in [4.78, 5) is 4.78. The molecule has 1 saturated heterocycles. The van der Waals surface area contributed by atoms with E-state index >= 15 is 0 Å². The summed E-state index contributed by atoms with van der Waals surface area (Å²) in [7, 11) is -1.13. The zero-order valence-corrected chi connectivity index (χ0v) is 12.4. The van der Waals surface area contributed by atoms with E-state index in [2.05, 4.69) is 4.98 Å². The maximum atomic E-state index is 12.4. The molecule has 1 atom stereocenters. The zero-order chi connectivity index (χ0) is 13.4. The van der Waals surface area contributed by atoms with Crippen molar-refractivity contribution >= 4 is 45.0 Å². The van der Waals surface area contributed by atoms with E-state index in [0.717, 1.165) is 41.6 Å². The van der Waals surface area contributed by atoms with Gasteiger partial charge in [0, 0.05) is 30.1 Å². The number of halogens is 2. The fourth-order valence-electron chi connectivity index (χ4n) is 2.27. The van der Waals surface area contributed by atoms with Gasteiger partial charge in [-0.1, -0.05) is 29.3 Å². The Balaban J connectivity index is 2.06. The molecule has 0 saturated carbocycles. The standard InChI is InChI=1S/C13H12Cl2N2OS/c14-12-8-16-13(15)11-7-9(3-4-10(11)12)19(18)17-5-1-2-6-17/h3-4,7-8H,1-2,5-6H2. The van der Waals surface area contributed by atoms with Gasteiger partial charge in [-0.3, -0.25) is 0 Å². The van der Waals surface area contributed by atoms with E-state index in [1.165, 1.54) is 6.20 Å². The molecule has 1 fully saturated rings. The van der Waals surface area contributed by atoms with Gasteiger partial charge in [-0.2, -0.15) is 0 Å². The summed E-state index contributed by atoms with van der Waals surface area (Å²) in [6, 6.07) is 5.53. The second kappa shape index (κ2) is 5.37. The largest absolute Gasteiger partial charge is 0.242 e. The molecule has 19 heavy (non-hydrogen) atoms. The van der Waals surface area contributed by atoms with Crippen LogP contribution < -0.4 is 0 Å². The van der Waals surface area contributed by atoms with Crippen molar-refractivity contribution in [3.8, 4) is 0 Å². The lowest BCUT2D eigenvalue weighted by atomic mass is 10.2. The Kier molecular flexibility index (Phi) is 3.76. The minimum atomic E-state index is -1.13. The minimum Gasteiger partial charge on any atom is -0.242 e. The summed E-state index contributed by atoms with van der Waals surface area (Å²) >= 11 is 12.2. The van der Waals surface area contributed by atoms with E-state index in [-0.39, 0.29) is 0 Å². The van der Waals surface area contributed by atoms with E-state index in [0.29, 0.717) is 10.2 Å². The molecule has 3 nitrogen and oxygen atoms in total. The highest BCUT2D eigenvalue weighted by Crippen LogP contribution is 2.30. The molecule has 0 N–H and O–H groups in total. The van der Waals surface area contributed by atoms with E-state index < -0.39 is 11.0 Å². The van der Waals surface area contributed by atoms with Crippen LogP contribution in [-0.2, 0) is 11.0 Å². The van der Waals surface area contributed by atoms with E-state index in [1.807, 2.05) is 22.5 Å². The SMILES string of the molecule is O=S(c1ccc2c(Cl)cnc(Cl)c2c1)N1CCCC1. The summed E-state index contributed by atoms with van der Waals surface area (Å²) in [5, 5.41) is 2.53. The number of rotatable bonds is 2. The topological polar surface area (TPSA) is 33.2 Å². The van der Waals surface area contributed by atoms with Gasteiger partial charge in [0.05, 0.1) is 9.92 Å². The summed E-state index contributed by atoms with van der Waals surface area (Å²) in [5.41, 5.74) is 0. The summed E-state index contributed by atoms with van der Waals surface area (Å²) in [6.45, 7) is 1.76. The molecule has 0 bridgehead atoms. The molecule has 1 aliphatic heterocycles. The van der Waals surface area contributed by atoms with Crippen LogP contribution in [0.5, 0.6) is 0 Å². The molecule has 0 spiro atoms. The van der Waals surface area contributed by atoms with Crippen LogP contribution in [0, 0.1) is 0 Å². The summed E-state index contributed by atoms with van der Waals surface area (Å²) < 4.78 is 14.4. The van der Waals surface area contributed by atoms with Crippen LogP contribution in [0.2, 0.25) is 10.2 Å². The Morgan fingerprint density at radius 2 is 1.89 bits per heavy atom. The molecule has 0 radical (unpaired) electrons. The Labute approximate surface area is 124 Å². The highest BCUT2D eigenvalue weighted by atomic mass is 35.5. The normalized spacial score (nSPS) is 18.0. The molecule has 2 aromatic rings. The zero-order valence-electron chi connectivity index (χ0n) is 10.1. The van der Waals surface area contributed by atoms with Crippen molar-refractivity contribution in [3.05, 3.63) is 34.6 Å². The van der Waals surface area contributed by atoms with Crippen LogP contribution in [0.3, 0.4) is 0 Å². The second-order valence-electron chi connectivity index (χ2n) is 4.49. The van der Waals surface area contributed by atoms with Gasteiger partial charge in [-0.25, -0.2) is 13.5 Å². The van der Waals surface area contributed by atoms with Crippen molar-refractivity contribution < 1.29 is 4.21 Å². The molecule has 1 unspecified atom stereocenters. The van der Waals surface area contributed by atoms with Crippen LogP contribution in [0.25, 0.3) is 10.8 Å². The van der Waals surface area contributed by atoms with Crippen molar-refractivity contribution in [1.82, 2.24) is 9.29 Å². The molecule has 0 amide bonds. The molecule has 6 heteroatoms. The highest BCUT2D eigenvalue weighted by Gasteiger charge is 2.20. The van der Waals surface area contributed by atoms with E-state index in [4.69, 9.17) is 23.2 Å². The van der Waals surface area contributed by atoms with Crippen molar-refractivity contribution in [2.45, 2.75) is 17.7 Å². The number of pyridine rings is 1. The first-order valence-corrected chi connectivity index (χ1v) is 7.93. The molecule has 3 rings (SSSR count). The number of nitrogens with zero attached hydrogens (tertiary/aromatic N) is 2. The van der Waals surface area contributed by atoms with Crippen LogP contribution >= 0.6 is 23.2 Å². The van der Waals surface area contributed by atoms with Crippen LogP contribution in [0.1, 0.15) is 12.8 Å². The first-order valence-electron chi connectivity index (χ1n) is 6.07. The third kappa shape index (κ3) is 2.50. The Morgan fingerprint density at radius 1 is 1.16 bits per heavy atom. The fraction of sp³-hybridized carbons (Fsp3) is 0.308. The smallest absolute Gasteiger partial charge is 0.136 e. The van der Waals surface area contributed by atoms with Crippen molar-refractivity contribution in [3.63, 3.8) is 0 Å². The monoisotopic (exact) mass is 314 g/mol. The molecule has 1 aliphatic rings. The molecule has 1 aromatic carbocycles. The molecular formula is C13H12Cl2N2OS. The number of aromatic nitrogens is 1. The predicted molar refractivity (Wildman–Crippen MR) is 79.0 cm³/mol. The number of benzene rings is 1. The Bertz CT molecular complexity index is 656. The Morgan fingerprint density at radius 3 is 2.63 bits per heavy atom. The lowest BCUT2D eigenvalue weighted by Crippen LogP contribution is -2.21. The molecule has 1 aromatic heterocycles. The molecule has 100 valence electrons. The average Bonchev–Trinajstić information content (AvgIpc) is 2.96. The maximum absolute atomic E-state index is 12.4. The lowest BCUT2D eigenvalue weighted by molar-refractivity contribution is 0.536. The minimum absolute atomic E-state index is 0.389. The maximum Gasteiger partial charge on any atom is 0.136 e. The van der Waals surface area contributed by atoms with Crippen LogP contribution in [0.15, 0.2) is 29.3 Å². The summed E-state index contributed by atoms with van der Waals surface area (Å²) in [6.07, 6.45) is 3.74. The second-order valence-corrected chi connectivity index (χ2v) is 6.74. The van der Waals surface area contributed by atoms with Gasteiger partial charge in [0.15, 0.2) is 0 Å². The van der Waals surface area contributed by atoms with Gasteiger partial charge >= 0.3 is 0 Å². The van der Waals surface area contributed by atoms with Gasteiger partial charge in [-0.05, 0) is 25.0 Å². The predicted octanol–water partition coefficient (Wildman–Crippen LogP) is 3.66. The van der Waals surface area contributed by atoms with Crippen molar-refractivity contribution in [1.29, 1.82) is 0 Å². The molecule has 0 aliphatic carbocycles. The molecular weight excluding hydrogens is 303 g/mol. The average molecular weight is 315 g/mol. The van der Waals surface area contributed by atoms with E-state index in [9.17, 15) is 4.21 Å². The van der Waals surface area contributed by atoms with Crippen LogP contribution in [0.4, 0.5) is 0 Å². The highest BCUT2D eigenvalue weighted by molar-refractivity contribution is 7.82. The third-order valence-corrected chi connectivity index (χ3v) is 5.36. The van der Waals surface area contributed by atoms with E-state index in [1.54, 1.807) is 0 Å². The number of hydrogen-bond acceptors (Lipinski definition) is 2. The fourth-order valence-corrected chi connectivity index (χ4v) is 3.98. The first kappa shape index (κ1) is 13.3. The van der Waals surface area contributed by atoms with Gasteiger partial charge in [0.1, 0.15) is 16.1 Å². The third-order valence-electron chi connectivity index (χ3n) is 3.26. The van der Waals surface area contributed by atoms with Gasteiger partial charge in [0.2, 0.25) is 0 Å². The molecule has 2 heterocycles. The van der Waals surface area contributed by atoms with Gasteiger partial charge < -0.3 is 0 Å². The van der Waals surface area contributed by atoms with Crippen molar-refractivity contribution in [2.75, 3.05) is 13.1 Å². The number of fused-ring (bicyclic) bond motifs is 1. The summed E-state index contributed by atoms with van der Waals surface area (Å²) in [5.74, 6) is 0. The van der Waals surface area contributed by atoms with Gasteiger partial charge in [-0.15, -0.1) is 0 Å². The lowest BCUT2D eigenvalue weighted by Gasteiger charge is -2.14. The Hall–Kier alpha value is -0.680. The first-order chi connectivity index (χ1) is 9.16. The van der Waals surface area contributed by atoms with Gasteiger partial charge in [0.25, 0.3) is 0 Å². The van der Waals surface area contributed by atoms with Crippen LogP contribution in [-0.4, -0.2) is 26.6 Å². The quantitative estimate of drug-likeness (QED) is 0.793. The van der Waals surface area contributed by atoms with Crippen molar-refractivity contribution in [2.24, 2.45) is 0 Å².